The topological polar surface area (TPSA) is 61.4 Å². The number of para-hydroxylation sites is 1. The number of carbonyl (C=O) groups is 1. The minimum Gasteiger partial charge on any atom is -0.394 e. The summed E-state index contributed by atoms with van der Waals surface area (Å²) >= 11 is 0. The number of carbonyl (C=O) groups excluding carboxylic acids is 1. The van der Waals surface area contributed by atoms with E-state index in [1.54, 1.807) is 0 Å². The summed E-state index contributed by atoms with van der Waals surface area (Å²) in [5.41, 5.74) is 1.86. The first kappa shape index (κ1) is 13.6. The Morgan fingerprint density at radius 2 is 2.05 bits per heavy atom. The zero-order valence-electron chi connectivity index (χ0n) is 11.7. The number of hydrogen-bond acceptors (Lipinski definition) is 3. The number of fused-ring (bicyclic) bond motifs is 1. The highest BCUT2D eigenvalue weighted by molar-refractivity contribution is 5.96. The van der Waals surface area contributed by atoms with Gasteiger partial charge in [-0.15, -0.1) is 0 Å². The Morgan fingerprint density at radius 1 is 1.30 bits per heavy atom. The van der Waals surface area contributed by atoms with Crippen LogP contribution in [-0.4, -0.2) is 29.2 Å². The number of aliphatic hydroxyl groups is 1. The van der Waals surface area contributed by atoms with Gasteiger partial charge in [0, 0.05) is 11.2 Å². The molecule has 4 nitrogen and oxygen atoms in total. The van der Waals surface area contributed by atoms with E-state index in [1.165, 1.54) is 5.56 Å². The maximum atomic E-state index is 12.4. The van der Waals surface area contributed by atoms with Crippen molar-refractivity contribution >= 4 is 11.6 Å². The van der Waals surface area contributed by atoms with E-state index in [-0.39, 0.29) is 24.1 Å². The molecule has 0 spiro atoms. The van der Waals surface area contributed by atoms with Crippen LogP contribution in [0.1, 0.15) is 37.7 Å². The Hall–Kier alpha value is -1.39. The van der Waals surface area contributed by atoms with Crippen LogP contribution in [0.5, 0.6) is 0 Å². The third-order valence-electron chi connectivity index (χ3n) is 4.64. The highest BCUT2D eigenvalue weighted by Gasteiger charge is 2.37. The third-order valence-corrected chi connectivity index (χ3v) is 4.64. The number of aryl methyl sites for hydroxylation is 1. The van der Waals surface area contributed by atoms with E-state index >= 15 is 0 Å². The minimum atomic E-state index is -0.251. The van der Waals surface area contributed by atoms with Crippen molar-refractivity contribution in [1.29, 1.82) is 0 Å². The Bertz CT molecular complexity index is 495. The average Bonchev–Trinajstić information content (AvgIpc) is 2.87. The van der Waals surface area contributed by atoms with Gasteiger partial charge in [-0.05, 0) is 37.3 Å². The molecule has 108 valence electrons. The molecule has 1 unspecified atom stereocenters. The first-order valence-corrected chi connectivity index (χ1v) is 7.50. The highest BCUT2D eigenvalue weighted by atomic mass is 16.3. The SMILES string of the molecule is O=C1Nc2ccccc2CCC1NC1(CO)CCCC1. The van der Waals surface area contributed by atoms with Crippen LogP contribution in [0.2, 0.25) is 0 Å². The van der Waals surface area contributed by atoms with E-state index in [2.05, 4.69) is 16.7 Å². The van der Waals surface area contributed by atoms with Gasteiger partial charge in [-0.25, -0.2) is 0 Å². The number of hydrogen-bond donors (Lipinski definition) is 3. The van der Waals surface area contributed by atoms with Gasteiger partial charge in [-0.2, -0.15) is 0 Å². The van der Waals surface area contributed by atoms with Gasteiger partial charge in [0.2, 0.25) is 5.91 Å². The van der Waals surface area contributed by atoms with Crippen LogP contribution in [0.4, 0.5) is 5.69 Å². The van der Waals surface area contributed by atoms with Gasteiger partial charge in [0.25, 0.3) is 0 Å². The average molecular weight is 274 g/mol. The molecule has 0 radical (unpaired) electrons. The van der Waals surface area contributed by atoms with Crippen LogP contribution in [0.15, 0.2) is 24.3 Å². The molecule has 1 aliphatic carbocycles. The van der Waals surface area contributed by atoms with Crippen molar-refractivity contribution in [2.75, 3.05) is 11.9 Å². The molecule has 0 aromatic heterocycles. The Kier molecular flexibility index (Phi) is 3.76. The highest BCUT2D eigenvalue weighted by Crippen LogP contribution is 2.31. The van der Waals surface area contributed by atoms with Gasteiger partial charge in [0.1, 0.15) is 0 Å². The Morgan fingerprint density at radius 3 is 2.80 bits per heavy atom. The predicted molar refractivity (Wildman–Crippen MR) is 78.6 cm³/mol. The molecule has 2 aliphatic rings. The van der Waals surface area contributed by atoms with E-state index < -0.39 is 0 Å². The lowest BCUT2D eigenvalue weighted by Crippen LogP contribution is -2.54. The molecule has 1 fully saturated rings. The lowest BCUT2D eigenvalue weighted by atomic mass is 9.95. The lowest BCUT2D eigenvalue weighted by molar-refractivity contribution is -0.118. The standard InChI is InChI=1S/C16H22N2O2/c19-11-16(9-3-4-10-16)18-14-8-7-12-5-1-2-6-13(12)17-15(14)20/h1-2,5-6,14,18-19H,3-4,7-11H2,(H,17,20). The summed E-state index contributed by atoms with van der Waals surface area (Å²) in [7, 11) is 0. The largest absolute Gasteiger partial charge is 0.394 e. The van der Waals surface area contributed by atoms with Crippen LogP contribution in [0.3, 0.4) is 0 Å². The summed E-state index contributed by atoms with van der Waals surface area (Å²) in [4.78, 5) is 12.4. The zero-order chi connectivity index (χ0) is 14.0. The van der Waals surface area contributed by atoms with Crippen LogP contribution in [0.25, 0.3) is 0 Å². The summed E-state index contributed by atoms with van der Waals surface area (Å²) in [6.07, 6.45) is 5.84. The van der Waals surface area contributed by atoms with Gasteiger partial charge in [0.05, 0.1) is 12.6 Å². The molecule has 1 aliphatic heterocycles. The number of nitrogens with one attached hydrogen (secondary N) is 2. The molecule has 3 N–H and O–H groups in total. The Labute approximate surface area is 119 Å². The summed E-state index contributed by atoms with van der Waals surface area (Å²) in [5.74, 6) is 0.0228. The molecule has 1 aromatic carbocycles. The van der Waals surface area contributed by atoms with Crippen LogP contribution in [0, 0.1) is 0 Å². The maximum Gasteiger partial charge on any atom is 0.241 e. The normalized spacial score (nSPS) is 24.9. The van der Waals surface area contributed by atoms with Gasteiger partial charge in [0.15, 0.2) is 0 Å². The predicted octanol–water partition coefficient (Wildman–Crippen LogP) is 1.83. The fourth-order valence-electron chi connectivity index (χ4n) is 3.42. The van der Waals surface area contributed by atoms with E-state index in [4.69, 9.17) is 0 Å². The Balaban J connectivity index is 1.74. The number of anilines is 1. The lowest BCUT2D eigenvalue weighted by Gasteiger charge is -2.32. The smallest absolute Gasteiger partial charge is 0.241 e. The molecular weight excluding hydrogens is 252 g/mol. The maximum absolute atomic E-state index is 12.4. The molecule has 1 saturated carbocycles. The number of rotatable bonds is 3. The number of aliphatic hydroxyl groups excluding tert-OH is 1. The van der Waals surface area contributed by atoms with E-state index in [1.807, 2.05) is 18.2 Å². The summed E-state index contributed by atoms with van der Waals surface area (Å²) in [6.45, 7) is 0.115. The minimum absolute atomic E-state index is 0.0228. The molecule has 4 heteroatoms. The van der Waals surface area contributed by atoms with Crippen molar-refractivity contribution in [1.82, 2.24) is 5.32 Å². The molecule has 0 bridgehead atoms. The first-order valence-electron chi connectivity index (χ1n) is 7.50. The molecule has 1 aromatic rings. The third kappa shape index (κ3) is 2.58. The van der Waals surface area contributed by atoms with Gasteiger partial charge in [-0.3, -0.25) is 10.1 Å². The van der Waals surface area contributed by atoms with Crippen molar-refractivity contribution in [3.8, 4) is 0 Å². The molecule has 1 heterocycles. The van der Waals surface area contributed by atoms with Crippen molar-refractivity contribution in [3.05, 3.63) is 29.8 Å². The summed E-state index contributed by atoms with van der Waals surface area (Å²) in [5, 5.41) is 16.1. The molecule has 1 amide bonds. The zero-order valence-corrected chi connectivity index (χ0v) is 11.7. The molecule has 1 atom stereocenters. The summed E-state index contributed by atoms with van der Waals surface area (Å²) in [6, 6.07) is 7.75. The quantitative estimate of drug-likeness (QED) is 0.788. The van der Waals surface area contributed by atoms with Crippen molar-refractivity contribution < 1.29 is 9.90 Å². The molecule has 3 rings (SSSR count). The first-order chi connectivity index (χ1) is 9.72. The van der Waals surface area contributed by atoms with Crippen LogP contribution >= 0.6 is 0 Å². The van der Waals surface area contributed by atoms with E-state index in [0.717, 1.165) is 44.2 Å². The van der Waals surface area contributed by atoms with Crippen LogP contribution in [-0.2, 0) is 11.2 Å². The molecular formula is C16H22N2O2. The van der Waals surface area contributed by atoms with E-state index in [9.17, 15) is 9.90 Å². The summed E-state index contributed by atoms with van der Waals surface area (Å²) < 4.78 is 0. The molecule has 0 saturated heterocycles. The van der Waals surface area contributed by atoms with Crippen molar-refractivity contribution in [3.63, 3.8) is 0 Å². The van der Waals surface area contributed by atoms with Crippen molar-refractivity contribution in [2.45, 2.75) is 50.1 Å². The van der Waals surface area contributed by atoms with Crippen molar-refractivity contribution in [2.24, 2.45) is 0 Å². The second-order valence-corrected chi connectivity index (χ2v) is 6.03. The van der Waals surface area contributed by atoms with E-state index in [0.29, 0.717) is 0 Å². The fourth-order valence-corrected chi connectivity index (χ4v) is 3.42. The van der Waals surface area contributed by atoms with Gasteiger partial charge < -0.3 is 10.4 Å². The second-order valence-electron chi connectivity index (χ2n) is 6.03. The monoisotopic (exact) mass is 274 g/mol. The van der Waals surface area contributed by atoms with Gasteiger partial charge >= 0.3 is 0 Å². The number of benzene rings is 1. The second kappa shape index (κ2) is 5.54. The number of amides is 1. The fraction of sp³-hybridized carbons (Fsp3) is 0.562. The molecule has 20 heavy (non-hydrogen) atoms. The van der Waals surface area contributed by atoms with Gasteiger partial charge in [-0.1, -0.05) is 31.0 Å². The van der Waals surface area contributed by atoms with Crippen LogP contribution < -0.4 is 10.6 Å².